The van der Waals surface area contributed by atoms with E-state index < -0.39 is 0 Å². The number of halogens is 1. The fourth-order valence-electron chi connectivity index (χ4n) is 1.84. The lowest BCUT2D eigenvalue weighted by Gasteiger charge is -2.11. The van der Waals surface area contributed by atoms with E-state index in [4.69, 9.17) is 11.6 Å². The van der Waals surface area contributed by atoms with E-state index in [1.807, 2.05) is 13.0 Å². The number of hydrogen-bond donors (Lipinski definition) is 0. The maximum atomic E-state index is 6.24. The van der Waals surface area contributed by atoms with Gasteiger partial charge in [0.1, 0.15) is 0 Å². The molecule has 0 saturated carbocycles. The Hall–Kier alpha value is -1.21. The lowest BCUT2D eigenvalue weighted by Crippen LogP contribution is -1.99. The van der Waals surface area contributed by atoms with E-state index in [0.29, 0.717) is 0 Å². The molecule has 78 valence electrons. The molecule has 0 aliphatic heterocycles. The van der Waals surface area contributed by atoms with Gasteiger partial charge in [-0.1, -0.05) is 17.7 Å². The summed E-state index contributed by atoms with van der Waals surface area (Å²) in [6.07, 6.45) is 0. The van der Waals surface area contributed by atoms with Crippen molar-refractivity contribution >= 4 is 11.6 Å². The topological polar surface area (TPSA) is 4.93 Å². The second-order valence-electron chi connectivity index (χ2n) is 3.91. The Kier molecular flexibility index (Phi) is 2.57. The summed E-state index contributed by atoms with van der Waals surface area (Å²) in [4.78, 5) is 0. The first-order chi connectivity index (χ1) is 7.09. The molecular weight excluding hydrogens is 206 g/mol. The summed E-state index contributed by atoms with van der Waals surface area (Å²) in [6, 6.07) is 10.4. The van der Waals surface area contributed by atoms with Crippen molar-refractivity contribution < 1.29 is 0 Å². The Bertz CT molecular complexity index is 478. The summed E-state index contributed by atoms with van der Waals surface area (Å²) >= 11 is 6.24. The predicted octanol–water partition coefficient (Wildman–Crippen LogP) is 4.06. The summed E-state index contributed by atoms with van der Waals surface area (Å²) < 4.78 is 2.17. The van der Waals surface area contributed by atoms with Gasteiger partial charge in [0.25, 0.3) is 0 Å². The quantitative estimate of drug-likeness (QED) is 0.682. The minimum atomic E-state index is 0.803. The summed E-state index contributed by atoms with van der Waals surface area (Å²) in [7, 11) is 0. The molecule has 0 bridgehead atoms. The number of aryl methyl sites for hydroxylation is 3. The average Bonchev–Trinajstić information content (AvgIpc) is 2.48. The van der Waals surface area contributed by atoms with Crippen LogP contribution in [0.2, 0.25) is 5.02 Å². The van der Waals surface area contributed by atoms with Crippen molar-refractivity contribution in [2.75, 3.05) is 0 Å². The van der Waals surface area contributed by atoms with Crippen LogP contribution < -0.4 is 0 Å². The van der Waals surface area contributed by atoms with E-state index in [2.05, 4.69) is 42.7 Å². The zero-order valence-corrected chi connectivity index (χ0v) is 9.97. The number of benzene rings is 1. The number of rotatable bonds is 1. The third-order valence-corrected chi connectivity index (χ3v) is 2.92. The Morgan fingerprint density at radius 3 is 2.07 bits per heavy atom. The van der Waals surface area contributed by atoms with Crippen LogP contribution in [0.15, 0.2) is 30.3 Å². The average molecular weight is 220 g/mol. The van der Waals surface area contributed by atoms with E-state index in [9.17, 15) is 0 Å². The van der Waals surface area contributed by atoms with Gasteiger partial charge in [0.05, 0.1) is 10.7 Å². The van der Waals surface area contributed by atoms with Crippen LogP contribution in [0.1, 0.15) is 17.0 Å². The lowest BCUT2D eigenvalue weighted by atomic mass is 10.2. The minimum Gasteiger partial charge on any atom is -0.317 e. The van der Waals surface area contributed by atoms with E-state index in [0.717, 1.165) is 10.7 Å². The second-order valence-corrected chi connectivity index (χ2v) is 4.31. The van der Waals surface area contributed by atoms with Crippen molar-refractivity contribution in [3.05, 3.63) is 52.3 Å². The highest BCUT2D eigenvalue weighted by molar-refractivity contribution is 6.32. The van der Waals surface area contributed by atoms with E-state index >= 15 is 0 Å². The summed E-state index contributed by atoms with van der Waals surface area (Å²) in [6.45, 7) is 6.22. The van der Waals surface area contributed by atoms with Gasteiger partial charge < -0.3 is 4.57 Å². The molecule has 0 radical (unpaired) electrons. The molecule has 1 aromatic carbocycles. The van der Waals surface area contributed by atoms with E-state index in [1.54, 1.807) is 0 Å². The van der Waals surface area contributed by atoms with Gasteiger partial charge in [0.2, 0.25) is 0 Å². The molecule has 15 heavy (non-hydrogen) atoms. The SMILES string of the molecule is Cc1ccc(-n2c(C)ccc2C)c(Cl)c1. The fourth-order valence-corrected chi connectivity index (χ4v) is 2.16. The Labute approximate surface area is 95.3 Å². The zero-order valence-electron chi connectivity index (χ0n) is 9.21. The van der Waals surface area contributed by atoms with Crippen LogP contribution in [0.3, 0.4) is 0 Å². The van der Waals surface area contributed by atoms with Gasteiger partial charge in [-0.05, 0) is 50.6 Å². The third-order valence-electron chi connectivity index (χ3n) is 2.62. The smallest absolute Gasteiger partial charge is 0.0649 e. The van der Waals surface area contributed by atoms with Crippen LogP contribution in [0, 0.1) is 20.8 Å². The Morgan fingerprint density at radius 2 is 1.53 bits per heavy atom. The van der Waals surface area contributed by atoms with E-state index in [-0.39, 0.29) is 0 Å². The molecule has 0 saturated heterocycles. The van der Waals surface area contributed by atoms with Gasteiger partial charge in [0.15, 0.2) is 0 Å². The first-order valence-electron chi connectivity index (χ1n) is 5.01. The molecule has 0 spiro atoms. The molecule has 0 aliphatic carbocycles. The first-order valence-corrected chi connectivity index (χ1v) is 5.39. The van der Waals surface area contributed by atoms with Crippen molar-refractivity contribution in [3.63, 3.8) is 0 Å². The molecule has 0 aliphatic rings. The van der Waals surface area contributed by atoms with Crippen LogP contribution in [0.5, 0.6) is 0 Å². The molecule has 2 aromatic rings. The molecule has 1 nitrogen and oxygen atoms in total. The zero-order chi connectivity index (χ0) is 11.0. The monoisotopic (exact) mass is 219 g/mol. The molecule has 0 fully saturated rings. The van der Waals surface area contributed by atoms with E-state index in [1.165, 1.54) is 17.0 Å². The van der Waals surface area contributed by atoms with Crippen molar-refractivity contribution in [2.24, 2.45) is 0 Å². The summed E-state index contributed by atoms with van der Waals surface area (Å²) in [5.41, 5.74) is 4.66. The molecule has 0 N–H and O–H groups in total. The minimum absolute atomic E-state index is 0.803. The molecule has 0 amide bonds. The lowest BCUT2D eigenvalue weighted by molar-refractivity contribution is 0.965. The largest absolute Gasteiger partial charge is 0.317 e. The van der Waals surface area contributed by atoms with Gasteiger partial charge in [-0.2, -0.15) is 0 Å². The Balaban J connectivity index is 2.64. The van der Waals surface area contributed by atoms with Crippen LogP contribution in [-0.4, -0.2) is 4.57 Å². The summed E-state index contributed by atoms with van der Waals surface area (Å²) in [5.74, 6) is 0. The van der Waals surface area contributed by atoms with Gasteiger partial charge in [-0.3, -0.25) is 0 Å². The molecule has 2 rings (SSSR count). The highest BCUT2D eigenvalue weighted by Crippen LogP contribution is 2.25. The van der Waals surface area contributed by atoms with Gasteiger partial charge in [-0.25, -0.2) is 0 Å². The van der Waals surface area contributed by atoms with Crippen LogP contribution in [0.25, 0.3) is 5.69 Å². The number of hydrogen-bond acceptors (Lipinski definition) is 0. The molecule has 1 aromatic heterocycles. The Morgan fingerprint density at radius 1 is 0.933 bits per heavy atom. The van der Waals surface area contributed by atoms with Crippen molar-refractivity contribution in [1.29, 1.82) is 0 Å². The maximum absolute atomic E-state index is 6.24. The van der Waals surface area contributed by atoms with Crippen LogP contribution >= 0.6 is 11.6 Å². The molecular formula is C13H14ClN. The van der Waals surface area contributed by atoms with Crippen LogP contribution in [0.4, 0.5) is 0 Å². The number of aromatic nitrogens is 1. The molecule has 0 unspecified atom stereocenters. The molecule has 2 heteroatoms. The first kappa shape index (κ1) is 10.3. The third kappa shape index (κ3) is 1.80. The van der Waals surface area contributed by atoms with Crippen molar-refractivity contribution in [1.82, 2.24) is 4.57 Å². The van der Waals surface area contributed by atoms with Crippen molar-refractivity contribution in [2.45, 2.75) is 20.8 Å². The molecule has 1 heterocycles. The van der Waals surface area contributed by atoms with Gasteiger partial charge in [0, 0.05) is 11.4 Å². The normalized spacial score (nSPS) is 10.7. The fraction of sp³-hybridized carbons (Fsp3) is 0.231. The highest BCUT2D eigenvalue weighted by Gasteiger charge is 2.07. The molecule has 0 atom stereocenters. The van der Waals surface area contributed by atoms with Gasteiger partial charge >= 0.3 is 0 Å². The standard InChI is InChI=1S/C13H14ClN/c1-9-4-7-13(12(14)8-9)15-10(2)5-6-11(15)3/h4-8H,1-3H3. The van der Waals surface area contributed by atoms with Gasteiger partial charge in [-0.15, -0.1) is 0 Å². The predicted molar refractivity (Wildman–Crippen MR) is 65.0 cm³/mol. The maximum Gasteiger partial charge on any atom is 0.0649 e. The van der Waals surface area contributed by atoms with Crippen molar-refractivity contribution in [3.8, 4) is 5.69 Å². The second kappa shape index (κ2) is 3.74. The van der Waals surface area contributed by atoms with Crippen LogP contribution in [-0.2, 0) is 0 Å². The highest BCUT2D eigenvalue weighted by atomic mass is 35.5. The summed E-state index contributed by atoms with van der Waals surface area (Å²) in [5, 5.41) is 0.803. The number of nitrogens with zero attached hydrogens (tertiary/aromatic N) is 1.